The van der Waals surface area contributed by atoms with Crippen LogP contribution in [-0.4, -0.2) is 40.1 Å². The Morgan fingerprint density at radius 2 is 2.00 bits per heavy atom. The summed E-state index contributed by atoms with van der Waals surface area (Å²) in [6, 6.07) is 0. The standard InChI is InChI=1S/C9H20NO5P/c1-3-9(2,7-11)8(12)10-5-4-6-16(13,14)15/h11H,3-7H2,1-2H3,(H,10,12)(H2,13,14,15). The van der Waals surface area contributed by atoms with E-state index in [0.29, 0.717) is 6.42 Å². The fourth-order valence-corrected chi connectivity index (χ4v) is 1.61. The Labute approximate surface area is 95.2 Å². The number of nitrogens with one attached hydrogen (secondary N) is 1. The Balaban J connectivity index is 3.95. The van der Waals surface area contributed by atoms with Crippen LogP contribution in [0.4, 0.5) is 0 Å². The molecule has 1 amide bonds. The second-order valence-electron chi connectivity index (χ2n) is 4.07. The molecule has 96 valence electrons. The van der Waals surface area contributed by atoms with E-state index < -0.39 is 13.0 Å². The number of carbonyl (C=O) groups excluding carboxylic acids is 1. The van der Waals surface area contributed by atoms with E-state index >= 15 is 0 Å². The fraction of sp³-hybridized carbons (Fsp3) is 0.889. The average molecular weight is 253 g/mol. The van der Waals surface area contributed by atoms with Crippen molar-refractivity contribution < 1.29 is 24.3 Å². The zero-order chi connectivity index (χ0) is 12.8. The first-order chi connectivity index (χ1) is 7.25. The summed E-state index contributed by atoms with van der Waals surface area (Å²) in [4.78, 5) is 28.8. The van der Waals surface area contributed by atoms with Crippen LogP contribution < -0.4 is 5.32 Å². The highest BCUT2D eigenvalue weighted by atomic mass is 31.2. The van der Waals surface area contributed by atoms with E-state index in [4.69, 9.17) is 14.9 Å². The number of hydrogen-bond donors (Lipinski definition) is 4. The lowest BCUT2D eigenvalue weighted by molar-refractivity contribution is -0.132. The second-order valence-corrected chi connectivity index (χ2v) is 5.85. The molecule has 0 radical (unpaired) electrons. The van der Waals surface area contributed by atoms with Crippen molar-refractivity contribution in [2.45, 2.75) is 26.7 Å². The zero-order valence-corrected chi connectivity index (χ0v) is 10.5. The first kappa shape index (κ1) is 15.6. The summed E-state index contributed by atoms with van der Waals surface area (Å²) in [5.74, 6) is -0.289. The van der Waals surface area contributed by atoms with Gasteiger partial charge in [0.2, 0.25) is 5.91 Å². The van der Waals surface area contributed by atoms with Crippen LogP contribution in [0.1, 0.15) is 26.7 Å². The van der Waals surface area contributed by atoms with Crippen molar-refractivity contribution >= 4 is 13.5 Å². The molecule has 4 N–H and O–H groups in total. The van der Waals surface area contributed by atoms with Crippen molar-refractivity contribution in [3.8, 4) is 0 Å². The Hall–Kier alpha value is -0.420. The molecule has 0 heterocycles. The van der Waals surface area contributed by atoms with Gasteiger partial charge in [0.05, 0.1) is 18.2 Å². The molecular formula is C9H20NO5P. The predicted molar refractivity (Wildman–Crippen MR) is 60.0 cm³/mol. The summed E-state index contributed by atoms with van der Waals surface area (Å²) >= 11 is 0. The second kappa shape index (κ2) is 6.35. The van der Waals surface area contributed by atoms with Crippen LogP contribution in [-0.2, 0) is 9.36 Å². The Kier molecular flexibility index (Phi) is 6.18. The van der Waals surface area contributed by atoms with Crippen LogP contribution >= 0.6 is 7.60 Å². The number of hydrogen-bond acceptors (Lipinski definition) is 3. The highest BCUT2D eigenvalue weighted by Crippen LogP contribution is 2.34. The number of carbonyl (C=O) groups is 1. The topological polar surface area (TPSA) is 107 Å². The van der Waals surface area contributed by atoms with Gasteiger partial charge in [-0.15, -0.1) is 0 Å². The molecule has 0 aromatic carbocycles. The normalized spacial score (nSPS) is 15.6. The summed E-state index contributed by atoms with van der Waals surface area (Å²) in [5.41, 5.74) is -0.817. The van der Waals surface area contributed by atoms with Gasteiger partial charge >= 0.3 is 7.60 Å². The predicted octanol–water partition coefficient (Wildman–Crippen LogP) is 0.0790. The first-order valence-corrected chi connectivity index (χ1v) is 6.98. The third-order valence-electron chi connectivity index (χ3n) is 2.59. The SMILES string of the molecule is CCC(C)(CO)C(=O)NCCCP(=O)(O)O. The minimum absolute atomic E-state index is 0.208. The van der Waals surface area contributed by atoms with Gasteiger partial charge < -0.3 is 20.2 Å². The Morgan fingerprint density at radius 3 is 2.38 bits per heavy atom. The Morgan fingerprint density at radius 1 is 1.44 bits per heavy atom. The van der Waals surface area contributed by atoms with Crippen LogP contribution in [0.2, 0.25) is 0 Å². The molecule has 0 spiro atoms. The van der Waals surface area contributed by atoms with Gasteiger partial charge in [-0.2, -0.15) is 0 Å². The monoisotopic (exact) mass is 253 g/mol. The van der Waals surface area contributed by atoms with E-state index in [1.807, 2.05) is 0 Å². The van der Waals surface area contributed by atoms with E-state index in [1.54, 1.807) is 13.8 Å². The van der Waals surface area contributed by atoms with Gasteiger partial charge in [0.15, 0.2) is 0 Å². The summed E-state index contributed by atoms with van der Waals surface area (Å²) in [6.45, 7) is 3.41. The van der Waals surface area contributed by atoms with Crippen molar-refractivity contribution in [3.63, 3.8) is 0 Å². The zero-order valence-electron chi connectivity index (χ0n) is 9.64. The van der Waals surface area contributed by atoms with Crippen molar-refractivity contribution in [1.29, 1.82) is 0 Å². The molecular weight excluding hydrogens is 233 g/mol. The minimum Gasteiger partial charge on any atom is -0.395 e. The van der Waals surface area contributed by atoms with Gasteiger partial charge in [0.25, 0.3) is 0 Å². The van der Waals surface area contributed by atoms with Gasteiger partial charge in [-0.1, -0.05) is 6.92 Å². The molecule has 0 aliphatic heterocycles. The quantitative estimate of drug-likeness (QED) is 0.379. The summed E-state index contributed by atoms with van der Waals surface area (Å²) < 4.78 is 10.5. The van der Waals surface area contributed by atoms with E-state index in [0.717, 1.165) is 0 Å². The highest BCUT2D eigenvalue weighted by molar-refractivity contribution is 7.51. The van der Waals surface area contributed by atoms with E-state index in [1.165, 1.54) is 0 Å². The largest absolute Gasteiger partial charge is 0.395 e. The lowest BCUT2D eigenvalue weighted by atomic mass is 9.87. The fourth-order valence-electron chi connectivity index (χ4n) is 1.04. The van der Waals surface area contributed by atoms with Gasteiger partial charge in [-0.25, -0.2) is 0 Å². The number of amides is 1. The number of rotatable bonds is 7. The lowest BCUT2D eigenvalue weighted by Gasteiger charge is -2.24. The number of aliphatic hydroxyl groups is 1. The molecule has 0 rings (SSSR count). The van der Waals surface area contributed by atoms with Gasteiger partial charge in [-0.3, -0.25) is 9.36 Å². The van der Waals surface area contributed by atoms with Crippen LogP contribution in [0.3, 0.4) is 0 Å². The van der Waals surface area contributed by atoms with Crippen molar-refractivity contribution in [2.24, 2.45) is 5.41 Å². The molecule has 0 aliphatic rings. The summed E-state index contributed by atoms with van der Waals surface area (Å²) in [5, 5.41) is 11.6. The molecule has 0 fully saturated rings. The molecule has 0 bridgehead atoms. The molecule has 0 aromatic rings. The van der Waals surface area contributed by atoms with E-state index in [-0.39, 0.29) is 31.6 Å². The third-order valence-corrected chi connectivity index (χ3v) is 3.49. The Bertz CT molecular complexity index is 271. The van der Waals surface area contributed by atoms with Gasteiger partial charge in [0, 0.05) is 6.54 Å². The summed E-state index contributed by atoms with van der Waals surface area (Å²) in [6.07, 6.45) is 0.490. The molecule has 0 saturated carbocycles. The maximum atomic E-state index is 11.6. The minimum atomic E-state index is -3.98. The van der Waals surface area contributed by atoms with Crippen LogP contribution in [0.5, 0.6) is 0 Å². The molecule has 1 unspecified atom stereocenters. The molecule has 1 atom stereocenters. The van der Waals surface area contributed by atoms with Crippen LogP contribution in [0, 0.1) is 5.41 Å². The molecule has 0 saturated heterocycles. The van der Waals surface area contributed by atoms with Crippen LogP contribution in [0.25, 0.3) is 0 Å². The van der Waals surface area contributed by atoms with E-state index in [2.05, 4.69) is 5.32 Å². The van der Waals surface area contributed by atoms with Gasteiger partial charge in [0.1, 0.15) is 0 Å². The molecule has 0 aliphatic carbocycles. The molecule has 0 aromatic heterocycles. The molecule has 16 heavy (non-hydrogen) atoms. The van der Waals surface area contributed by atoms with Crippen molar-refractivity contribution in [2.75, 3.05) is 19.3 Å². The van der Waals surface area contributed by atoms with Crippen molar-refractivity contribution in [1.82, 2.24) is 5.32 Å². The molecule has 6 nitrogen and oxygen atoms in total. The smallest absolute Gasteiger partial charge is 0.325 e. The molecule has 7 heteroatoms. The third kappa shape index (κ3) is 5.61. The highest BCUT2D eigenvalue weighted by Gasteiger charge is 2.30. The lowest BCUT2D eigenvalue weighted by Crippen LogP contribution is -2.41. The van der Waals surface area contributed by atoms with E-state index in [9.17, 15) is 9.36 Å². The average Bonchev–Trinajstić information content (AvgIpc) is 2.21. The van der Waals surface area contributed by atoms with Gasteiger partial charge in [-0.05, 0) is 19.8 Å². The number of aliphatic hydroxyl groups excluding tert-OH is 1. The van der Waals surface area contributed by atoms with Crippen LogP contribution in [0.15, 0.2) is 0 Å². The summed E-state index contributed by atoms with van der Waals surface area (Å²) in [7, 11) is -3.98. The maximum absolute atomic E-state index is 11.6. The first-order valence-electron chi connectivity index (χ1n) is 5.19. The van der Waals surface area contributed by atoms with Crippen molar-refractivity contribution in [3.05, 3.63) is 0 Å². The maximum Gasteiger partial charge on any atom is 0.325 e.